The van der Waals surface area contributed by atoms with Crippen molar-refractivity contribution < 1.29 is 27.4 Å². The molecule has 2 unspecified atom stereocenters. The molecule has 0 spiro atoms. The number of anilines is 2. The topological polar surface area (TPSA) is 89.8 Å². The minimum absolute atomic E-state index is 0.0263. The van der Waals surface area contributed by atoms with Crippen LogP contribution in [0.3, 0.4) is 0 Å². The Morgan fingerprint density at radius 2 is 2.15 bits per heavy atom. The van der Waals surface area contributed by atoms with Gasteiger partial charge in [0.05, 0.1) is 31.9 Å². The molecule has 2 fully saturated rings. The fraction of sp³-hybridized carbons (Fsp3) is 0.545. The van der Waals surface area contributed by atoms with Crippen molar-refractivity contribution in [3.8, 4) is 5.88 Å². The first-order valence-corrected chi connectivity index (χ1v) is 11.2. The van der Waals surface area contributed by atoms with Gasteiger partial charge < -0.3 is 19.3 Å². The fourth-order valence-corrected chi connectivity index (χ4v) is 4.83. The van der Waals surface area contributed by atoms with E-state index in [0.29, 0.717) is 31.5 Å². The van der Waals surface area contributed by atoms with E-state index in [0.717, 1.165) is 11.3 Å². The third-order valence-corrected chi connectivity index (χ3v) is 6.47. The highest BCUT2D eigenvalue weighted by Gasteiger charge is 2.48. The normalized spacial score (nSPS) is 23.8. The molecule has 3 aliphatic heterocycles. The molecule has 2 saturated heterocycles. The number of carbonyl (C=O) groups is 1. The van der Waals surface area contributed by atoms with Crippen molar-refractivity contribution in [1.82, 2.24) is 14.5 Å². The first-order chi connectivity index (χ1) is 16.2. The van der Waals surface area contributed by atoms with Gasteiger partial charge in [-0.15, -0.1) is 0 Å². The Morgan fingerprint density at radius 3 is 2.76 bits per heavy atom. The standard InChI is InChI=1S/C22H24F3N5O4/c1-2-33-19-4-3-13(9-26-19)16(31)11-30-17(22(23,24)25)5-6-28-20(32)8-18(27-21(28)30)29-10-15-7-14(29)12-34-15/h3-4,8-9,14-15,17H,2,5-7,10-12H2,1H3/t14?,15?,17-/m0/s1. The van der Waals surface area contributed by atoms with Gasteiger partial charge in [0, 0.05) is 37.0 Å². The van der Waals surface area contributed by atoms with Crippen LogP contribution < -0.4 is 20.1 Å². The van der Waals surface area contributed by atoms with Gasteiger partial charge in [0.25, 0.3) is 5.56 Å². The summed E-state index contributed by atoms with van der Waals surface area (Å²) in [5.74, 6) is -0.0779. The zero-order valence-electron chi connectivity index (χ0n) is 18.5. The summed E-state index contributed by atoms with van der Waals surface area (Å²) in [6.45, 7) is 2.48. The predicted octanol–water partition coefficient (Wildman–Crippen LogP) is 2.04. The molecule has 9 nitrogen and oxygen atoms in total. The van der Waals surface area contributed by atoms with E-state index in [9.17, 15) is 22.8 Å². The van der Waals surface area contributed by atoms with Crippen LogP contribution >= 0.6 is 0 Å². The highest BCUT2D eigenvalue weighted by atomic mass is 19.4. The van der Waals surface area contributed by atoms with Gasteiger partial charge in [0.15, 0.2) is 5.78 Å². The third-order valence-electron chi connectivity index (χ3n) is 6.47. The molecule has 182 valence electrons. The van der Waals surface area contributed by atoms with Crippen LogP contribution in [0.1, 0.15) is 30.1 Å². The molecule has 2 aromatic heterocycles. The zero-order valence-corrected chi connectivity index (χ0v) is 18.5. The van der Waals surface area contributed by atoms with Gasteiger partial charge in [-0.05, 0) is 25.8 Å². The lowest BCUT2D eigenvalue weighted by atomic mass is 10.1. The van der Waals surface area contributed by atoms with E-state index in [1.807, 2.05) is 4.90 Å². The monoisotopic (exact) mass is 479 g/mol. The van der Waals surface area contributed by atoms with E-state index in [1.165, 1.54) is 29.0 Å². The molecule has 0 aliphatic carbocycles. The van der Waals surface area contributed by atoms with Crippen LogP contribution in [-0.2, 0) is 11.3 Å². The second-order valence-corrected chi connectivity index (χ2v) is 8.62. The number of hydrogen-bond donors (Lipinski definition) is 0. The molecule has 0 radical (unpaired) electrons. The van der Waals surface area contributed by atoms with Crippen LogP contribution in [0.4, 0.5) is 24.9 Å². The second-order valence-electron chi connectivity index (χ2n) is 8.62. The molecule has 3 atom stereocenters. The Bertz CT molecular complexity index is 1140. The van der Waals surface area contributed by atoms with Gasteiger partial charge in [-0.1, -0.05) is 0 Å². The van der Waals surface area contributed by atoms with Crippen molar-refractivity contribution in [3.63, 3.8) is 0 Å². The highest BCUT2D eigenvalue weighted by molar-refractivity contribution is 5.99. The van der Waals surface area contributed by atoms with Crippen molar-refractivity contribution >= 4 is 17.5 Å². The Hall–Kier alpha value is -3.15. The molecule has 2 aromatic rings. The molecule has 3 aliphatic rings. The number of halogens is 3. The van der Waals surface area contributed by atoms with Gasteiger partial charge in [0.2, 0.25) is 11.8 Å². The van der Waals surface area contributed by atoms with Crippen LogP contribution in [-0.4, -0.2) is 71.0 Å². The molecule has 5 rings (SSSR count). The van der Waals surface area contributed by atoms with Crippen LogP contribution in [0.25, 0.3) is 0 Å². The maximum Gasteiger partial charge on any atom is 0.408 e. The molecular formula is C22H24F3N5O4. The van der Waals surface area contributed by atoms with Crippen molar-refractivity contribution in [2.45, 2.75) is 50.7 Å². The van der Waals surface area contributed by atoms with Gasteiger partial charge in [-0.3, -0.25) is 14.2 Å². The lowest BCUT2D eigenvalue weighted by molar-refractivity contribution is -0.152. The number of Topliss-reactive ketones (excluding diaryl/α,β-unsaturated/α-hetero) is 1. The lowest BCUT2D eigenvalue weighted by Gasteiger charge is -2.39. The summed E-state index contributed by atoms with van der Waals surface area (Å²) < 4.78 is 54.0. The van der Waals surface area contributed by atoms with Gasteiger partial charge in [0.1, 0.15) is 11.9 Å². The van der Waals surface area contributed by atoms with Crippen LogP contribution in [0.5, 0.6) is 5.88 Å². The van der Waals surface area contributed by atoms with E-state index in [4.69, 9.17) is 9.47 Å². The van der Waals surface area contributed by atoms with Crippen molar-refractivity contribution in [2.24, 2.45) is 0 Å². The molecule has 0 saturated carbocycles. The number of aromatic nitrogens is 3. The summed E-state index contributed by atoms with van der Waals surface area (Å²) in [6.07, 6.45) is -2.86. The predicted molar refractivity (Wildman–Crippen MR) is 116 cm³/mol. The number of ether oxygens (including phenoxy) is 2. The number of rotatable bonds is 6. The second kappa shape index (κ2) is 8.57. The van der Waals surface area contributed by atoms with Crippen LogP contribution in [0.15, 0.2) is 29.2 Å². The van der Waals surface area contributed by atoms with E-state index in [-0.39, 0.29) is 36.6 Å². The van der Waals surface area contributed by atoms with E-state index in [1.54, 1.807) is 6.92 Å². The molecule has 0 N–H and O–H groups in total. The van der Waals surface area contributed by atoms with Crippen molar-refractivity contribution in [3.05, 3.63) is 40.3 Å². The Kier molecular flexibility index (Phi) is 5.70. The van der Waals surface area contributed by atoms with E-state index >= 15 is 0 Å². The summed E-state index contributed by atoms with van der Waals surface area (Å²) in [6, 6.07) is 2.41. The van der Waals surface area contributed by atoms with Gasteiger partial charge in [-0.2, -0.15) is 18.2 Å². The Balaban J connectivity index is 1.49. The number of fused-ring (bicyclic) bond motifs is 3. The summed E-state index contributed by atoms with van der Waals surface area (Å²) in [5.41, 5.74) is -0.293. The molecule has 0 aromatic carbocycles. The number of pyridine rings is 1. The SMILES string of the molecule is CCOc1ccc(C(=O)CN2c3nc(N4CC5CC4CO5)cc(=O)n3CC[C@H]2C(F)(F)F)cn1. The molecule has 12 heteroatoms. The molecule has 34 heavy (non-hydrogen) atoms. The fourth-order valence-electron chi connectivity index (χ4n) is 4.83. The molecule has 2 bridgehead atoms. The average molecular weight is 479 g/mol. The van der Waals surface area contributed by atoms with Crippen molar-refractivity contribution in [2.75, 3.05) is 36.1 Å². The first kappa shape index (κ1) is 22.6. The smallest absolute Gasteiger partial charge is 0.408 e. The number of nitrogens with zero attached hydrogens (tertiary/aromatic N) is 5. The van der Waals surface area contributed by atoms with Crippen molar-refractivity contribution in [1.29, 1.82) is 0 Å². The number of alkyl halides is 3. The van der Waals surface area contributed by atoms with E-state index in [2.05, 4.69) is 9.97 Å². The molecule has 5 heterocycles. The third kappa shape index (κ3) is 4.10. The molecule has 0 amide bonds. The largest absolute Gasteiger partial charge is 0.478 e. The summed E-state index contributed by atoms with van der Waals surface area (Å²) in [4.78, 5) is 37.1. The first-order valence-electron chi connectivity index (χ1n) is 11.2. The Morgan fingerprint density at radius 1 is 1.32 bits per heavy atom. The minimum atomic E-state index is -4.60. The number of ketones is 1. The lowest BCUT2D eigenvalue weighted by Crippen LogP contribution is -2.54. The van der Waals surface area contributed by atoms with E-state index < -0.39 is 30.1 Å². The number of carbonyl (C=O) groups excluding carboxylic acids is 1. The minimum Gasteiger partial charge on any atom is -0.478 e. The summed E-state index contributed by atoms with van der Waals surface area (Å²) in [7, 11) is 0. The van der Waals surface area contributed by atoms with Gasteiger partial charge in [-0.25, -0.2) is 4.98 Å². The Labute approximate surface area is 193 Å². The average Bonchev–Trinajstić information content (AvgIpc) is 3.43. The summed E-state index contributed by atoms with van der Waals surface area (Å²) >= 11 is 0. The maximum atomic E-state index is 14.0. The highest BCUT2D eigenvalue weighted by Crippen LogP contribution is 2.36. The number of morpholine rings is 1. The summed E-state index contributed by atoms with van der Waals surface area (Å²) in [5, 5.41) is 0. The quantitative estimate of drug-likeness (QED) is 0.582. The van der Waals surface area contributed by atoms with Gasteiger partial charge >= 0.3 is 6.18 Å². The van der Waals surface area contributed by atoms with Crippen LogP contribution in [0.2, 0.25) is 0 Å². The maximum absolute atomic E-state index is 14.0. The molecular weight excluding hydrogens is 455 g/mol. The zero-order chi connectivity index (χ0) is 24.0. The van der Waals surface area contributed by atoms with Crippen LogP contribution in [0, 0.1) is 0 Å². The number of hydrogen-bond acceptors (Lipinski definition) is 8.